The van der Waals surface area contributed by atoms with Gasteiger partial charge in [0.15, 0.2) is 0 Å². The summed E-state index contributed by atoms with van der Waals surface area (Å²) in [6.45, 7) is 5.93. The highest BCUT2D eigenvalue weighted by molar-refractivity contribution is 9.10. The van der Waals surface area contributed by atoms with Gasteiger partial charge in [0.25, 0.3) is 11.6 Å². The molecular formula is C19H22BrF3N2O2. The molecule has 0 unspecified atom stereocenters. The minimum atomic E-state index is -5.03. The summed E-state index contributed by atoms with van der Waals surface area (Å²) in [6.07, 6.45) is -3.87. The van der Waals surface area contributed by atoms with Crippen molar-refractivity contribution in [2.45, 2.75) is 51.9 Å². The first-order valence-electron chi connectivity index (χ1n) is 8.83. The molecule has 3 atom stereocenters. The molecule has 0 aromatic heterocycles. The van der Waals surface area contributed by atoms with E-state index in [9.17, 15) is 23.1 Å². The van der Waals surface area contributed by atoms with Gasteiger partial charge in [0.05, 0.1) is 11.5 Å². The first-order chi connectivity index (χ1) is 12.4. The van der Waals surface area contributed by atoms with Crippen LogP contribution in [0.2, 0.25) is 0 Å². The van der Waals surface area contributed by atoms with Crippen LogP contribution in [0, 0.1) is 17.3 Å². The predicted octanol–water partition coefficient (Wildman–Crippen LogP) is 4.97. The van der Waals surface area contributed by atoms with E-state index in [2.05, 4.69) is 21.0 Å². The van der Waals surface area contributed by atoms with Gasteiger partial charge < -0.3 is 5.11 Å². The maximum absolute atomic E-state index is 14.0. The fraction of sp³-hybridized carbons (Fsp3) is 0.579. The van der Waals surface area contributed by atoms with Crippen molar-refractivity contribution >= 4 is 27.5 Å². The second-order valence-corrected chi connectivity index (χ2v) is 9.16. The average molecular weight is 447 g/mol. The van der Waals surface area contributed by atoms with Gasteiger partial charge in [-0.3, -0.25) is 4.79 Å². The van der Waals surface area contributed by atoms with Crippen molar-refractivity contribution in [3.8, 4) is 0 Å². The molecule has 27 heavy (non-hydrogen) atoms. The summed E-state index contributed by atoms with van der Waals surface area (Å²) in [6, 6.07) is 6.17. The van der Waals surface area contributed by atoms with Crippen molar-refractivity contribution < 1.29 is 23.1 Å². The van der Waals surface area contributed by atoms with Crippen LogP contribution in [-0.2, 0) is 0 Å². The van der Waals surface area contributed by atoms with E-state index in [1.165, 1.54) is 6.07 Å². The van der Waals surface area contributed by atoms with Crippen molar-refractivity contribution in [1.29, 1.82) is 0 Å². The SMILES string of the molecule is CC(C)(C)[C@@H]1CCC2=NN(C(=O)c3ccccc3Br)[C@@](O)(C(F)(F)F)[C@H]2C1. The van der Waals surface area contributed by atoms with Gasteiger partial charge in [0, 0.05) is 10.2 Å². The van der Waals surface area contributed by atoms with E-state index >= 15 is 0 Å². The minimum Gasteiger partial charge on any atom is -0.362 e. The van der Waals surface area contributed by atoms with E-state index in [-0.39, 0.29) is 34.0 Å². The molecule has 1 aliphatic heterocycles. The standard InChI is InChI=1S/C19H22BrF3N2O2/c1-17(2,3)11-8-9-15-13(10-11)18(27,19(21,22)23)25(24-15)16(26)12-6-4-5-7-14(12)20/h4-7,11,13,27H,8-10H2,1-3H3/t11-,13+,18+/m1/s1. The van der Waals surface area contributed by atoms with Crippen molar-refractivity contribution in [2.75, 3.05) is 0 Å². The van der Waals surface area contributed by atoms with E-state index in [1.807, 2.05) is 20.8 Å². The summed E-state index contributed by atoms with van der Waals surface area (Å²) in [4.78, 5) is 12.9. The van der Waals surface area contributed by atoms with Crippen LogP contribution in [0.5, 0.6) is 0 Å². The zero-order valence-corrected chi connectivity index (χ0v) is 16.9. The van der Waals surface area contributed by atoms with Crippen LogP contribution < -0.4 is 0 Å². The molecule has 0 radical (unpaired) electrons. The lowest BCUT2D eigenvalue weighted by Crippen LogP contribution is -2.62. The number of amides is 1. The molecule has 1 N–H and O–H groups in total. The van der Waals surface area contributed by atoms with E-state index in [1.54, 1.807) is 18.2 Å². The number of nitrogens with zero attached hydrogens (tertiary/aromatic N) is 2. The monoisotopic (exact) mass is 446 g/mol. The third-order valence-electron chi connectivity index (χ3n) is 5.65. The van der Waals surface area contributed by atoms with Crippen LogP contribution in [0.25, 0.3) is 0 Å². The number of rotatable bonds is 1. The Bertz CT molecular complexity index is 788. The summed E-state index contributed by atoms with van der Waals surface area (Å²) < 4.78 is 42.5. The smallest absolute Gasteiger partial charge is 0.362 e. The van der Waals surface area contributed by atoms with Gasteiger partial charge in [-0.2, -0.15) is 23.3 Å². The first kappa shape index (κ1) is 20.3. The molecule has 3 rings (SSSR count). The number of hydrazone groups is 1. The molecule has 1 fully saturated rings. The Kier molecular flexibility index (Phi) is 4.96. The van der Waals surface area contributed by atoms with Gasteiger partial charge in [-0.05, 0) is 58.7 Å². The normalized spacial score (nSPS) is 28.7. The highest BCUT2D eigenvalue weighted by Gasteiger charge is 2.69. The average Bonchev–Trinajstić information content (AvgIpc) is 2.87. The highest BCUT2D eigenvalue weighted by Crippen LogP contribution is 2.52. The number of hydrogen-bond acceptors (Lipinski definition) is 3. The molecule has 148 valence electrons. The van der Waals surface area contributed by atoms with Crippen LogP contribution in [0.15, 0.2) is 33.8 Å². The number of hydrogen-bond donors (Lipinski definition) is 1. The molecule has 0 bridgehead atoms. The molecule has 1 aliphatic carbocycles. The van der Waals surface area contributed by atoms with E-state index < -0.39 is 23.7 Å². The summed E-state index contributed by atoms with van der Waals surface area (Å²) in [7, 11) is 0. The number of alkyl halides is 3. The summed E-state index contributed by atoms with van der Waals surface area (Å²) in [5.41, 5.74) is -3.26. The molecule has 8 heteroatoms. The van der Waals surface area contributed by atoms with Gasteiger partial charge in [-0.25, -0.2) is 0 Å². The lowest BCUT2D eigenvalue weighted by Gasteiger charge is -2.42. The van der Waals surface area contributed by atoms with Crippen LogP contribution in [0.3, 0.4) is 0 Å². The van der Waals surface area contributed by atoms with Crippen molar-refractivity contribution in [1.82, 2.24) is 5.01 Å². The molecule has 1 saturated carbocycles. The molecule has 1 heterocycles. The third-order valence-corrected chi connectivity index (χ3v) is 6.34. The van der Waals surface area contributed by atoms with Gasteiger partial charge in [-0.15, -0.1) is 0 Å². The van der Waals surface area contributed by atoms with Gasteiger partial charge in [-0.1, -0.05) is 32.9 Å². The Balaban J connectivity index is 2.04. The van der Waals surface area contributed by atoms with Crippen molar-refractivity contribution in [2.24, 2.45) is 22.4 Å². The summed E-state index contributed by atoms with van der Waals surface area (Å²) >= 11 is 3.19. The Labute approximate surface area is 164 Å². The Morgan fingerprint density at radius 2 is 1.93 bits per heavy atom. The summed E-state index contributed by atoms with van der Waals surface area (Å²) in [5.74, 6) is -2.23. The van der Waals surface area contributed by atoms with E-state index in [4.69, 9.17) is 0 Å². The molecule has 0 spiro atoms. The van der Waals surface area contributed by atoms with Crippen molar-refractivity contribution in [3.63, 3.8) is 0 Å². The topological polar surface area (TPSA) is 52.9 Å². The number of halogens is 4. The zero-order chi connectivity index (χ0) is 20.2. The van der Waals surface area contributed by atoms with Gasteiger partial charge >= 0.3 is 6.18 Å². The molecule has 2 aliphatic rings. The number of carbonyl (C=O) groups is 1. The largest absolute Gasteiger partial charge is 0.439 e. The zero-order valence-electron chi connectivity index (χ0n) is 15.3. The molecule has 4 nitrogen and oxygen atoms in total. The highest BCUT2D eigenvalue weighted by atomic mass is 79.9. The number of carbonyl (C=O) groups excluding carboxylic acids is 1. The third kappa shape index (κ3) is 3.31. The van der Waals surface area contributed by atoms with E-state index in [0.717, 1.165) is 0 Å². The summed E-state index contributed by atoms with van der Waals surface area (Å²) in [5, 5.41) is 15.1. The molecular weight excluding hydrogens is 425 g/mol. The second-order valence-electron chi connectivity index (χ2n) is 8.30. The van der Waals surface area contributed by atoms with Crippen LogP contribution in [-0.4, -0.2) is 33.6 Å². The first-order valence-corrected chi connectivity index (χ1v) is 9.62. The maximum atomic E-state index is 14.0. The van der Waals surface area contributed by atoms with Gasteiger partial charge in [0.1, 0.15) is 0 Å². The fourth-order valence-corrected chi connectivity index (χ4v) is 4.41. The molecule has 1 aromatic carbocycles. The Hall–Kier alpha value is -1.41. The minimum absolute atomic E-state index is 0.00571. The lowest BCUT2D eigenvalue weighted by atomic mass is 9.66. The van der Waals surface area contributed by atoms with Gasteiger partial charge in [0.2, 0.25) is 0 Å². The van der Waals surface area contributed by atoms with Crippen LogP contribution in [0.1, 0.15) is 50.4 Å². The number of aliphatic hydroxyl groups is 1. The fourth-order valence-electron chi connectivity index (χ4n) is 3.96. The number of fused-ring (bicyclic) bond motifs is 1. The maximum Gasteiger partial charge on any atom is 0.439 e. The quantitative estimate of drug-likeness (QED) is 0.661. The Morgan fingerprint density at radius 1 is 1.30 bits per heavy atom. The van der Waals surface area contributed by atoms with Crippen LogP contribution in [0.4, 0.5) is 13.2 Å². The van der Waals surface area contributed by atoms with Crippen LogP contribution >= 0.6 is 15.9 Å². The lowest BCUT2D eigenvalue weighted by molar-refractivity contribution is -0.314. The molecule has 0 saturated heterocycles. The predicted molar refractivity (Wildman–Crippen MR) is 99.0 cm³/mol. The molecule has 1 amide bonds. The van der Waals surface area contributed by atoms with Crippen molar-refractivity contribution in [3.05, 3.63) is 34.3 Å². The Morgan fingerprint density at radius 3 is 2.48 bits per heavy atom. The van der Waals surface area contributed by atoms with E-state index in [0.29, 0.717) is 17.3 Å². The second kappa shape index (κ2) is 6.58. The number of benzene rings is 1. The molecule has 1 aromatic rings.